The van der Waals surface area contributed by atoms with Crippen molar-refractivity contribution in [2.75, 3.05) is 16.4 Å². The first kappa shape index (κ1) is 20.8. The second-order valence-electron chi connectivity index (χ2n) is 6.57. The van der Waals surface area contributed by atoms with Crippen molar-refractivity contribution in [3.8, 4) is 11.4 Å². The highest BCUT2D eigenvalue weighted by Gasteiger charge is 2.11. The molecule has 0 unspecified atom stereocenters. The van der Waals surface area contributed by atoms with Gasteiger partial charge in [0.05, 0.1) is 5.75 Å². The van der Waals surface area contributed by atoms with Gasteiger partial charge in [-0.2, -0.15) is 9.61 Å². The molecule has 156 valence electrons. The molecule has 0 aliphatic rings. The number of benzene rings is 2. The van der Waals surface area contributed by atoms with Crippen LogP contribution in [-0.4, -0.2) is 37.4 Å². The normalized spacial score (nSPS) is 10.8. The molecule has 0 bridgehead atoms. The average Bonchev–Trinajstić information content (AvgIpc) is 3.16. The third kappa shape index (κ3) is 5.19. The maximum Gasteiger partial charge on any atom is 0.234 e. The highest BCUT2D eigenvalue weighted by molar-refractivity contribution is 7.99. The van der Waals surface area contributed by atoms with Crippen molar-refractivity contribution >= 4 is 52.2 Å². The second kappa shape index (κ2) is 9.15. The first-order valence-corrected chi connectivity index (χ1v) is 10.6. The fraction of sp³-hybridized carbons (Fsp3) is 0.0952. The number of fused-ring (bicyclic) bond motifs is 1. The molecule has 2 heterocycles. The van der Waals surface area contributed by atoms with Crippen LogP contribution in [0, 0.1) is 0 Å². The molecule has 8 nitrogen and oxygen atoms in total. The van der Waals surface area contributed by atoms with E-state index in [1.54, 1.807) is 53.0 Å². The summed E-state index contributed by atoms with van der Waals surface area (Å²) in [6, 6.07) is 17.8. The molecule has 2 aromatic heterocycles. The Morgan fingerprint density at radius 3 is 2.48 bits per heavy atom. The van der Waals surface area contributed by atoms with E-state index in [9.17, 15) is 9.59 Å². The van der Waals surface area contributed by atoms with Crippen LogP contribution in [0.2, 0.25) is 5.02 Å². The minimum absolute atomic E-state index is 0.168. The maximum absolute atomic E-state index is 12.4. The van der Waals surface area contributed by atoms with Gasteiger partial charge in [0.15, 0.2) is 11.5 Å². The van der Waals surface area contributed by atoms with Gasteiger partial charge in [-0.15, -0.1) is 10.2 Å². The quantitative estimate of drug-likeness (QED) is 0.426. The van der Waals surface area contributed by atoms with E-state index < -0.39 is 0 Å². The third-order valence-corrected chi connectivity index (χ3v) is 5.33. The Hall–Kier alpha value is -3.43. The number of halogens is 1. The Labute approximate surface area is 187 Å². The Balaban J connectivity index is 1.44. The van der Waals surface area contributed by atoms with Crippen LogP contribution in [0.15, 0.2) is 65.7 Å². The number of carbonyl (C=O) groups excluding carboxylic acids is 2. The Morgan fingerprint density at radius 2 is 1.74 bits per heavy atom. The molecule has 0 spiro atoms. The standard InChI is InChI=1S/C21H17ClN6O2S/c1-13(29)23-16-3-2-4-17(11-16)24-19(30)12-31-20-10-9-18-25-26-21(28(18)27-20)14-5-7-15(22)8-6-14/h2-11H,12H2,1H3,(H,23,29)(H,24,30). The summed E-state index contributed by atoms with van der Waals surface area (Å²) in [5.41, 5.74) is 2.66. The van der Waals surface area contributed by atoms with Gasteiger partial charge >= 0.3 is 0 Å². The second-order valence-corrected chi connectivity index (χ2v) is 8.00. The molecule has 0 saturated heterocycles. The summed E-state index contributed by atoms with van der Waals surface area (Å²) >= 11 is 7.25. The van der Waals surface area contributed by atoms with Gasteiger partial charge in [0, 0.05) is 28.9 Å². The monoisotopic (exact) mass is 452 g/mol. The summed E-state index contributed by atoms with van der Waals surface area (Å²) in [6.45, 7) is 1.43. The molecular weight excluding hydrogens is 436 g/mol. The van der Waals surface area contributed by atoms with E-state index >= 15 is 0 Å². The largest absolute Gasteiger partial charge is 0.326 e. The lowest BCUT2D eigenvalue weighted by Crippen LogP contribution is -2.14. The maximum atomic E-state index is 12.4. The number of amides is 2. The number of carbonyl (C=O) groups is 2. The average molecular weight is 453 g/mol. The van der Waals surface area contributed by atoms with Crippen LogP contribution in [0.1, 0.15) is 6.92 Å². The van der Waals surface area contributed by atoms with E-state index in [-0.39, 0.29) is 17.6 Å². The molecule has 0 saturated carbocycles. The molecule has 0 atom stereocenters. The molecule has 4 aromatic rings. The van der Waals surface area contributed by atoms with E-state index in [0.29, 0.717) is 32.9 Å². The molecule has 0 aliphatic carbocycles. The van der Waals surface area contributed by atoms with E-state index in [1.165, 1.54) is 18.7 Å². The van der Waals surface area contributed by atoms with Crippen molar-refractivity contribution in [1.82, 2.24) is 19.8 Å². The number of thioether (sulfide) groups is 1. The predicted octanol–water partition coefficient (Wildman–Crippen LogP) is 4.13. The van der Waals surface area contributed by atoms with E-state index in [1.807, 2.05) is 12.1 Å². The number of aromatic nitrogens is 4. The van der Waals surface area contributed by atoms with Gasteiger partial charge in [-0.05, 0) is 54.6 Å². The topological polar surface area (TPSA) is 101 Å². The van der Waals surface area contributed by atoms with Crippen LogP contribution < -0.4 is 10.6 Å². The van der Waals surface area contributed by atoms with E-state index in [0.717, 1.165) is 5.56 Å². The summed E-state index contributed by atoms with van der Waals surface area (Å²) < 4.78 is 1.64. The van der Waals surface area contributed by atoms with Gasteiger partial charge < -0.3 is 10.6 Å². The zero-order valence-corrected chi connectivity index (χ0v) is 17.9. The minimum atomic E-state index is -0.187. The van der Waals surface area contributed by atoms with Gasteiger partial charge in [0.25, 0.3) is 0 Å². The fourth-order valence-corrected chi connectivity index (χ4v) is 3.62. The predicted molar refractivity (Wildman–Crippen MR) is 121 cm³/mol. The van der Waals surface area contributed by atoms with E-state index in [2.05, 4.69) is 25.9 Å². The zero-order chi connectivity index (χ0) is 21.8. The lowest BCUT2D eigenvalue weighted by molar-refractivity contribution is -0.114. The Bertz CT molecular complexity index is 1260. The number of hydrogen-bond donors (Lipinski definition) is 2. The highest BCUT2D eigenvalue weighted by Crippen LogP contribution is 2.22. The lowest BCUT2D eigenvalue weighted by Gasteiger charge is -2.08. The Kier molecular flexibility index (Phi) is 6.15. The lowest BCUT2D eigenvalue weighted by atomic mass is 10.2. The molecule has 2 aromatic carbocycles. The van der Waals surface area contributed by atoms with Crippen LogP contribution in [0.3, 0.4) is 0 Å². The molecule has 2 amide bonds. The van der Waals surface area contributed by atoms with Gasteiger partial charge in [0.1, 0.15) is 5.03 Å². The van der Waals surface area contributed by atoms with Crippen molar-refractivity contribution in [2.45, 2.75) is 11.9 Å². The van der Waals surface area contributed by atoms with Crippen LogP contribution >= 0.6 is 23.4 Å². The third-order valence-electron chi connectivity index (χ3n) is 4.16. The molecule has 0 aliphatic heterocycles. The highest BCUT2D eigenvalue weighted by atomic mass is 35.5. The summed E-state index contributed by atoms with van der Waals surface area (Å²) in [5.74, 6) is 0.399. The summed E-state index contributed by atoms with van der Waals surface area (Å²) in [4.78, 5) is 23.5. The van der Waals surface area contributed by atoms with Crippen LogP contribution in [0.25, 0.3) is 17.0 Å². The molecule has 0 fully saturated rings. The van der Waals surface area contributed by atoms with Crippen LogP contribution in [0.4, 0.5) is 11.4 Å². The summed E-state index contributed by atoms with van der Waals surface area (Å²) in [7, 11) is 0. The number of nitrogens with zero attached hydrogens (tertiary/aromatic N) is 4. The number of anilines is 2. The first-order valence-electron chi connectivity index (χ1n) is 9.27. The van der Waals surface area contributed by atoms with Crippen molar-refractivity contribution in [3.05, 3.63) is 65.7 Å². The summed E-state index contributed by atoms with van der Waals surface area (Å²) in [5, 5.41) is 19.7. The van der Waals surface area contributed by atoms with Gasteiger partial charge in [-0.1, -0.05) is 29.4 Å². The first-order chi connectivity index (χ1) is 15.0. The van der Waals surface area contributed by atoms with Crippen molar-refractivity contribution < 1.29 is 9.59 Å². The molecule has 2 N–H and O–H groups in total. The molecule has 4 rings (SSSR count). The molecular formula is C21H17ClN6O2S. The van der Waals surface area contributed by atoms with Gasteiger partial charge in [-0.25, -0.2) is 0 Å². The number of hydrogen-bond acceptors (Lipinski definition) is 6. The van der Waals surface area contributed by atoms with Crippen LogP contribution in [-0.2, 0) is 9.59 Å². The molecule has 0 radical (unpaired) electrons. The van der Waals surface area contributed by atoms with Crippen molar-refractivity contribution in [1.29, 1.82) is 0 Å². The SMILES string of the molecule is CC(=O)Nc1cccc(NC(=O)CSc2ccc3nnc(-c4ccc(Cl)cc4)n3n2)c1. The van der Waals surface area contributed by atoms with Gasteiger partial charge in [0.2, 0.25) is 11.8 Å². The van der Waals surface area contributed by atoms with Crippen molar-refractivity contribution in [2.24, 2.45) is 0 Å². The van der Waals surface area contributed by atoms with Gasteiger partial charge in [-0.3, -0.25) is 9.59 Å². The fourth-order valence-electron chi connectivity index (χ4n) is 2.84. The van der Waals surface area contributed by atoms with Crippen LogP contribution in [0.5, 0.6) is 0 Å². The molecule has 31 heavy (non-hydrogen) atoms. The minimum Gasteiger partial charge on any atom is -0.326 e. The smallest absolute Gasteiger partial charge is 0.234 e. The Morgan fingerprint density at radius 1 is 1.00 bits per heavy atom. The number of nitrogens with one attached hydrogen (secondary N) is 2. The summed E-state index contributed by atoms with van der Waals surface area (Å²) in [6.07, 6.45) is 0. The molecule has 10 heteroatoms. The van der Waals surface area contributed by atoms with E-state index in [4.69, 9.17) is 11.6 Å². The zero-order valence-electron chi connectivity index (χ0n) is 16.4. The number of rotatable bonds is 6. The van der Waals surface area contributed by atoms with Crippen molar-refractivity contribution in [3.63, 3.8) is 0 Å².